The van der Waals surface area contributed by atoms with E-state index in [-0.39, 0.29) is 11.3 Å². The highest BCUT2D eigenvalue weighted by Gasteiger charge is 2.42. The molecule has 1 atom stereocenters. The second-order valence-electron chi connectivity index (χ2n) is 7.73. The summed E-state index contributed by atoms with van der Waals surface area (Å²) in [6.45, 7) is 5.07. The first-order chi connectivity index (χ1) is 12.2. The van der Waals surface area contributed by atoms with Gasteiger partial charge in [-0.1, -0.05) is 25.0 Å². The highest BCUT2D eigenvalue weighted by molar-refractivity contribution is 5.88. The zero-order valence-electron chi connectivity index (χ0n) is 15.7. The van der Waals surface area contributed by atoms with Crippen molar-refractivity contribution in [3.63, 3.8) is 0 Å². The van der Waals surface area contributed by atoms with E-state index in [0.29, 0.717) is 5.92 Å². The van der Waals surface area contributed by atoms with Gasteiger partial charge in [0, 0.05) is 6.54 Å². The lowest BCUT2D eigenvalue weighted by Crippen LogP contribution is -2.43. The van der Waals surface area contributed by atoms with Gasteiger partial charge in [0.2, 0.25) is 5.91 Å². The summed E-state index contributed by atoms with van der Waals surface area (Å²) in [5.74, 6) is 1.79. The smallest absolute Gasteiger partial charge is 0.230 e. The lowest BCUT2D eigenvalue weighted by Gasteiger charge is -2.30. The number of ether oxygens (including phenoxy) is 1. The standard InChI is InChI=1S/C21H32N2O2/c1-16-7-8-18(14-19(16)25-2)21(10-3-4-11-21)20(24)23-13-9-17-6-5-12-22-15-17/h7-8,14,17,22H,3-6,9-13,15H2,1-2H3,(H,23,24). The minimum Gasteiger partial charge on any atom is -0.496 e. The highest BCUT2D eigenvalue weighted by atomic mass is 16.5. The molecule has 3 rings (SSSR count). The van der Waals surface area contributed by atoms with Gasteiger partial charge < -0.3 is 15.4 Å². The van der Waals surface area contributed by atoms with Crippen molar-refractivity contribution in [3.05, 3.63) is 29.3 Å². The van der Waals surface area contributed by atoms with Crippen molar-refractivity contribution in [2.45, 2.75) is 57.3 Å². The molecule has 1 saturated heterocycles. The Hall–Kier alpha value is -1.55. The van der Waals surface area contributed by atoms with Crippen molar-refractivity contribution < 1.29 is 9.53 Å². The molecule has 0 bridgehead atoms. The first-order valence-electron chi connectivity index (χ1n) is 9.80. The van der Waals surface area contributed by atoms with Crippen LogP contribution in [-0.2, 0) is 10.2 Å². The normalized spacial score (nSPS) is 22.6. The number of hydrogen-bond acceptors (Lipinski definition) is 3. The average Bonchev–Trinajstić information content (AvgIpc) is 3.14. The lowest BCUT2D eigenvalue weighted by molar-refractivity contribution is -0.126. The van der Waals surface area contributed by atoms with E-state index in [1.54, 1.807) is 7.11 Å². The van der Waals surface area contributed by atoms with Crippen LogP contribution in [0.4, 0.5) is 0 Å². The van der Waals surface area contributed by atoms with E-state index in [4.69, 9.17) is 4.74 Å². The van der Waals surface area contributed by atoms with Crippen LogP contribution in [0, 0.1) is 12.8 Å². The Morgan fingerprint density at radius 1 is 1.32 bits per heavy atom. The first kappa shape index (κ1) is 18.2. The summed E-state index contributed by atoms with van der Waals surface area (Å²) in [5.41, 5.74) is 1.86. The van der Waals surface area contributed by atoms with Gasteiger partial charge in [-0.15, -0.1) is 0 Å². The molecule has 2 fully saturated rings. The van der Waals surface area contributed by atoms with Gasteiger partial charge in [-0.05, 0) is 75.2 Å². The molecule has 1 aromatic rings. The predicted octanol–water partition coefficient (Wildman–Crippen LogP) is 3.32. The molecule has 1 amide bonds. The Kier molecular flexibility index (Phi) is 6.00. The number of rotatable bonds is 6. The molecular formula is C21H32N2O2. The quantitative estimate of drug-likeness (QED) is 0.832. The number of benzene rings is 1. The molecule has 1 saturated carbocycles. The fourth-order valence-corrected chi connectivity index (χ4v) is 4.47. The van der Waals surface area contributed by atoms with E-state index in [1.165, 1.54) is 12.8 Å². The molecule has 0 radical (unpaired) electrons. The molecule has 0 spiro atoms. The summed E-state index contributed by atoms with van der Waals surface area (Å²) in [6, 6.07) is 6.27. The van der Waals surface area contributed by atoms with Crippen molar-refractivity contribution in [2.24, 2.45) is 5.92 Å². The van der Waals surface area contributed by atoms with Crippen LogP contribution in [0.3, 0.4) is 0 Å². The Balaban J connectivity index is 1.68. The second kappa shape index (κ2) is 8.22. The number of hydrogen-bond donors (Lipinski definition) is 2. The molecule has 1 aliphatic carbocycles. The van der Waals surface area contributed by atoms with Crippen LogP contribution in [0.25, 0.3) is 0 Å². The van der Waals surface area contributed by atoms with Gasteiger partial charge in [-0.25, -0.2) is 0 Å². The van der Waals surface area contributed by atoms with E-state index in [0.717, 1.165) is 68.6 Å². The minimum absolute atomic E-state index is 0.208. The van der Waals surface area contributed by atoms with Crippen molar-refractivity contribution in [1.29, 1.82) is 0 Å². The van der Waals surface area contributed by atoms with Crippen LogP contribution in [0.1, 0.15) is 56.1 Å². The number of carbonyl (C=O) groups is 1. The van der Waals surface area contributed by atoms with Crippen LogP contribution in [0.15, 0.2) is 18.2 Å². The highest BCUT2D eigenvalue weighted by Crippen LogP contribution is 2.42. The molecule has 0 aromatic heterocycles. The average molecular weight is 344 g/mol. The molecular weight excluding hydrogens is 312 g/mol. The molecule has 1 unspecified atom stereocenters. The molecule has 1 aromatic carbocycles. The van der Waals surface area contributed by atoms with Crippen LogP contribution < -0.4 is 15.4 Å². The summed E-state index contributed by atoms with van der Waals surface area (Å²) in [6.07, 6.45) is 7.74. The number of methoxy groups -OCH3 is 1. The number of piperidine rings is 1. The third-order valence-electron chi connectivity index (χ3n) is 6.09. The Morgan fingerprint density at radius 3 is 2.80 bits per heavy atom. The summed E-state index contributed by atoms with van der Waals surface area (Å²) in [4.78, 5) is 13.1. The largest absolute Gasteiger partial charge is 0.496 e. The van der Waals surface area contributed by atoms with Gasteiger partial charge in [-0.3, -0.25) is 4.79 Å². The third-order valence-corrected chi connectivity index (χ3v) is 6.09. The number of nitrogens with one attached hydrogen (secondary N) is 2. The summed E-state index contributed by atoms with van der Waals surface area (Å²) in [7, 11) is 1.70. The Bertz CT molecular complexity index is 588. The summed E-state index contributed by atoms with van der Waals surface area (Å²) < 4.78 is 5.49. The third kappa shape index (κ3) is 4.00. The van der Waals surface area contributed by atoms with E-state index in [9.17, 15) is 4.79 Å². The van der Waals surface area contributed by atoms with Gasteiger partial charge in [0.15, 0.2) is 0 Å². The maximum Gasteiger partial charge on any atom is 0.230 e. The number of aryl methyl sites for hydroxylation is 1. The van der Waals surface area contributed by atoms with Crippen LogP contribution in [-0.4, -0.2) is 32.7 Å². The maximum atomic E-state index is 13.1. The lowest BCUT2D eigenvalue weighted by atomic mass is 9.77. The zero-order chi connectivity index (χ0) is 17.7. The van der Waals surface area contributed by atoms with Crippen molar-refractivity contribution in [2.75, 3.05) is 26.7 Å². The zero-order valence-corrected chi connectivity index (χ0v) is 15.7. The topological polar surface area (TPSA) is 50.4 Å². The van der Waals surface area contributed by atoms with E-state index in [2.05, 4.69) is 28.8 Å². The van der Waals surface area contributed by atoms with Gasteiger partial charge in [0.05, 0.1) is 12.5 Å². The van der Waals surface area contributed by atoms with Crippen LogP contribution in [0.5, 0.6) is 5.75 Å². The molecule has 4 nitrogen and oxygen atoms in total. The van der Waals surface area contributed by atoms with Gasteiger partial charge in [0.25, 0.3) is 0 Å². The molecule has 1 aliphatic heterocycles. The SMILES string of the molecule is COc1cc(C2(C(=O)NCCC3CCCNC3)CCCC2)ccc1C. The van der Waals surface area contributed by atoms with Crippen molar-refractivity contribution in [1.82, 2.24) is 10.6 Å². The molecule has 2 N–H and O–H groups in total. The van der Waals surface area contributed by atoms with Crippen molar-refractivity contribution in [3.8, 4) is 5.75 Å². The Morgan fingerprint density at radius 2 is 2.12 bits per heavy atom. The van der Waals surface area contributed by atoms with Gasteiger partial charge >= 0.3 is 0 Å². The Labute approximate surface area is 151 Å². The molecule has 1 heterocycles. The maximum absolute atomic E-state index is 13.1. The van der Waals surface area contributed by atoms with Crippen molar-refractivity contribution >= 4 is 5.91 Å². The molecule has 138 valence electrons. The predicted molar refractivity (Wildman–Crippen MR) is 101 cm³/mol. The van der Waals surface area contributed by atoms with Crippen LogP contribution >= 0.6 is 0 Å². The fourth-order valence-electron chi connectivity index (χ4n) is 4.47. The summed E-state index contributed by atoms with van der Waals surface area (Å²) >= 11 is 0. The second-order valence-corrected chi connectivity index (χ2v) is 7.73. The van der Waals surface area contributed by atoms with E-state index >= 15 is 0 Å². The molecule has 2 aliphatic rings. The number of carbonyl (C=O) groups excluding carboxylic acids is 1. The van der Waals surface area contributed by atoms with Gasteiger partial charge in [-0.2, -0.15) is 0 Å². The van der Waals surface area contributed by atoms with Gasteiger partial charge in [0.1, 0.15) is 5.75 Å². The first-order valence-corrected chi connectivity index (χ1v) is 9.80. The monoisotopic (exact) mass is 344 g/mol. The fraction of sp³-hybridized carbons (Fsp3) is 0.667. The minimum atomic E-state index is -0.369. The van der Waals surface area contributed by atoms with E-state index < -0.39 is 0 Å². The van der Waals surface area contributed by atoms with E-state index in [1.807, 2.05) is 6.92 Å². The number of amides is 1. The van der Waals surface area contributed by atoms with Crippen LogP contribution in [0.2, 0.25) is 0 Å². The molecule has 25 heavy (non-hydrogen) atoms. The summed E-state index contributed by atoms with van der Waals surface area (Å²) in [5, 5.41) is 6.71. The molecule has 4 heteroatoms.